The fraction of sp³-hybridized carbons (Fsp3) is 0.148. The Hall–Kier alpha value is -3.10. The third-order valence-electron chi connectivity index (χ3n) is 4.91. The number of ketones is 1. The Morgan fingerprint density at radius 3 is 2.33 bits per heavy atom. The number of carbonyl (C=O) groups excluding carboxylic acids is 1. The quantitative estimate of drug-likeness (QED) is 0.357. The number of allylic oxidation sites excluding steroid dienone is 6. The maximum atomic E-state index is 12.3. The predicted octanol–water partition coefficient (Wildman–Crippen LogP) is 6.87. The molecule has 2 nitrogen and oxygen atoms in total. The third kappa shape index (κ3) is 5.71. The van der Waals surface area contributed by atoms with Gasteiger partial charge in [-0.1, -0.05) is 74.2 Å². The molecule has 0 spiro atoms. The van der Waals surface area contributed by atoms with Crippen LogP contribution in [0.5, 0.6) is 0 Å². The van der Waals surface area contributed by atoms with Crippen LogP contribution in [0, 0.1) is 0 Å². The van der Waals surface area contributed by atoms with Crippen LogP contribution in [-0.2, 0) is 12.8 Å². The zero-order chi connectivity index (χ0) is 22.1. The number of benzene rings is 2. The van der Waals surface area contributed by atoms with Crippen LogP contribution in [0.15, 0.2) is 96.8 Å². The molecular formula is C27H28ClNO. The Balaban J connectivity index is 2.64. The molecule has 0 saturated carbocycles. The molecule has 0 heterocycles. The number of Topliss-reactive ketones (excluding diaryl/α,β-unsaturated/α-hetero) is 1. The summed E-state index contributed by atoms with van der Waals surface area (Å²) in [5.74, 6) is 0.0505. The van der Waals surface area contributed by atoms with Crippen LogP contribution >= 0.6 is 11.6 Å². The van der Waals surface area contributed by atoms with E-state index in [0.29, 0.717) is 11.4 Å². The van der Waals surface area contributed by atoms with Gasteiger partial charge in [0.15, 0.2) is 5.78 Å². The van der Waals surface area contributed by atoms with Crippen LogP contribution in [-0.4, -0.2) is 5.78 Å². The molecule has 0 aliphatic rings. The van der Waals surface area contributed by atoms with E-state index < -0.39 is 0 Å². The standard InChI is InChI=1S/C27H28ClNO/c1-5-21-9-8-10-24(27(21)19(4)30)18-22(6-2)26(7-3)23(15-16-29)17-20-11-13-25(28)14-12-20/h6-16,18H,2-3,5,17,29H2,1,4H3/b16-15-,22-18+,26-23-. The van der Waals surface area contributed by atoms with Crippen molar-refractivity contribution in [1.82, 2.24) is 0 Å². The highest BCUT2D eigenvalue weighted by molar-refractivity contribution is 6.30. The van der Waals surface area contributed by atoms with E-state index in [4.69, 9.17) is 17.3 Å². The summed E-state index contributed by atoms with van der Waals surface area (Å²) < 4.78 is 0. The van der Waals surface area contributed by atoms with Crippen LogP contribution in [0.2, 0.25) is 5.02 Å². The first-order valence-corrected chi connectivity index (χ1v) is 10.3. The lowest BCUT2D eigenvalue weighted by molar-refractivity contribution is 0.101. The van der Waals surface area contributed by atoms with E-state index in [1.165, 1.54) is 6.20 Å². The van der Waals surface area contributed by atoms with Crippen molar-refractivity contribution < 1.29 is 4.79 Å². The minimum atomic E-state index is 0.0505. The van der Waals surface area contributed by atoms with Gasteiger partial charge in [-0.2, -0.15) is 0 Å². The van der Waals surface area contributed by atoms with Crippen molar-refractivity contribution in [1.29, 1.82) is 0 Å². The number of carbonyl (C=O) groups is 1. The molecule has 154 valence electrons. The van der Waals surface area contributed by atoms with Crippen molar-refractivity contribution in [2.75, 3.05) is 0 Å². The molecule has 0 aromatic heterocycles. The first-order chi connectivity index (χ1) is 14.4. The zero-order valence-electron chi connectivity index (χ0n) is 17.6. The van der Waals surface area contributed by atoms with Gasteiger partial charge in [-0.05, 0) is 83.7 Å². The van der Waals surface area contributed by atoms with Crippen molar-refractivity contribution in [3.8, 4) is 0 Å². The molecule has 0 radical (unpaired) electrons. The van der Waals surface area contributed by atoms with Crippen molar-refractivity contribution in [2.45, 2.75) is 26.7 Å². The molecular weight excluding hydrogens is 390 g/mol. The Labute approximate surface area is 184 Å². The van der Waals surface area contributed by atoms with Gasteiger partial charge in [0.05, 0.1) is 0 Å². The minimum Gasteiger partial charge on any atom is -0.405 e. The molecule has 2 aromatic carbocycles. The molecule has 30 heavy (non-hydrogen) atoms. The Morgan fingerprint density at radius 2 is 1.80 bits per heavy atom. The molecule has 2 rings (SSSR count). The van der Waals surface area contributed by atoms with Gasteiger partial charge in [0.2, 0.25) is 0 Å². The van der Waals surface area contributed by atoms with Crippen molar-refractivity contribution in [3.05, 3.63) is 124 Å². The van der Waals surface area contributed by atoms with Gasteiger partial charge in [0, 0.05) is 10.6 Å². The first kappa shape index (κ1) is 23.2. The summed E-state index contributed by atoms with van der Waals surface area (Å²) in [6, 6.07) is 13.6. The summed E-state index contributed by atoms with van der Waals surface area (Å²) in [5.41, 5.74) is 12.3. The smallest absolute Gasteiger partial charge is 0.160 e. The van der Waals surface area contributed by atoms with Crippen LogP contribution in [0.4, 0.5) is 0 Å². The van der Waals surface area contributed by atoms with E-state index in [0.717, 1.165) is 45.4 Å². The highest BCUT2D eigenvalue weighted by atomic mass is 35.5. The van der Waals surface area contributed by atoms with E-state index in [9.17, 15) is 4.79 Å². The molecule has 2 N–H and O–H groups in total. The monoisotopic (exact) mass is 417 g/mol. The van der Waals surface area contributed by atoms with Gasteiger partial charge in [-0.15, -0.1) is 0 Å². The van der Waals surface area contributed by atoms with Gasteiger partial charge in [-0.3, -0.25) is 4.79 Å². The van der Waals surface area contributed by atoms with Gasteiger partial charge in [0.1, 0.15) is 0 Å². The minimum absolute atomic E-state index is 0.0505. The maximum absolute atomic E-state index is 12.3. The number of aryl methyl sites for hydroxylation is 1. The van der Waals surface area contributed by atoms with Gasteiger partial charge in [-0.25, -0.2) is 0 Å². The predicted molar refractivity (Wildman–Crippen MR) is 130 cm³/mol. The van der Waals surface area contributed by atoms with Crippen molar-refractivity contribution >= 4 is 23.5 Å². The summed E-state index contributed by atoms with van der Waals surface area (Å²) in [7, 11) is 0. The van der Waals surface area contributed by atoms with E-state index in [1.54, 1.807) is 19.1 Å². The van der Waals surface area contributed by atoms with Crippen molar-refractivity contribution in [2.24, 2.45) is 5.73 Å². The lowest BCUT2D eigenvalue weighted by atomic mass is 9.90. The number of hydrogen-bond donors (Lipinski definition) is 1. The largest absolute Gasteiger partial charge is 0.405 e. The molecule has 0 aliphatic carbocycles. The Morgan fingerprint density at radius 1 is 1.10 bits per heavy atom. The normalized spacial score (nSPS) is 12.6. The molecule has 0 aliphatic heterocycles. The summed E-state index contributed by atoms with van der Waals surface area (Å²) in [4.78, 5) is 12.3. The summed E-state index contributed by atoms with van der Waals surface area (Å²) in [6.45, 7) is 11.7. The molecule has 0 atom stereocenters. The SMILES string of the molecule is C=CC(=C\c1cccc(CC)c1C(C)=O)/C(C=C)=C(/C=C\N)Cc1ccc(Cl)cc1. The van der Waals surface area contributed by atoms with E-state index >= 15 is 0 Å². The Kier molecular flexibility index (Phi) is 8.64. The molecule has 3 heteroatoms. The second kappa shape index (κ2) is 11.2. The number of rotatable bonds is 9. The molecule has 0 amide bonds. The molecule has 2 aromatic rings. The van der Waals surface area contributed by atoms with Gasteiger partial charge in [0.25, 0.3) is 0 Å². The fourth-order valence-corrected chi connectivity index (χ4v) is 3.62. The second-order valence-corrected chi connectivity index (χ2v) is 7.34. The first-order valence-electron chi connectivity index (χ1n) is 9.90. The summed E-state index contributed by atoms with van der Waals surface area (Å²) >= 11 is 6.02. The lowest BCUT2D eigenvalue weighted by Gasteiger charge is -2.14. The second-order valence-electron chi connectivity index (χ2n) is 6.90. The number of halogens is 1. The fourth-order valence-electron chi connectivity index (χ4n) is 3.50. The van der Waals surface area contributed by atoms with Crippen LogP contribution in [0.3, 0.4) is 0 Å². The average molecular weight is 418 g/mol. The average Bonchev–Trinajstić information content (AvgIpc) is 2.74. The summed E-state index contributed by atoms with van der Waals surface area (Å²) in [5, 5.41) is 0.696. The highest BCUT2D eigenvalue weighted by Crippen LogP contribution is 2.27. The number of hydrogen-bond acceptors (Lipinski definition) is 2. The molecule has 0 unspecified atom stereocenters. The lowest BCUT2D eigenvalue weighted by Crippen LogP contribution is -2.03. The van der Waals surface area contributed by atoms with E-state index in [2.05, 4.69) is 20.1 Å². The highest BCUT2D eigenvalue weighted by Gasteiger charge is 2.12. The molecule has 0 fully saturated rings. The van der Waals surface area contributed by atoms with E-state index in [-0.39, 0.29) is 5.78 Å². The van der Waals surface area contributed by atoms with Gasteiger partial charge >= 0.3 is 0 Å². The van der Waals surface area contributed by atoms with Gasteiger partial charge < -0.3 is 5.73 Å². The van der Waals surface area contributed by atoms with Crippen LogP contribution < -0.4 is 5.73 Å². The Bertz CT molecular complexity index is 1020. The van der Waals surface area contributed by atoms with Crippen molar-refractivity contribution in [3.63, 3.8) is 0 Å². The topological polar surface area (TPSA) is 43.1 Å². The maximum Gasteiger partial charge on any atom is 0.160 e. The molecule has 0 bridgehead atoms. The third-order valence-corrected chi connectivity index (χ3v) is 5.17. The summed E-state index contributed by atoms with van der Waals surface area (Å²) in [6.07, 6.45) is 10.4. The molecule has 0 saturated heterocycles. The zero-order valence-corrected chi connectivity index (χ0v) is 18.4. The number of nitrogens with two attached hydrogens (primary N) is 1. The van der Waals surface area contributed by atoms with Crippen LogP contribution in [0.25, 0.3) is 6.08 Å². The van der Waals surface area contributed by atoms with Crippen LogP contribution in [0.1, 0.15) is 40.9 Å². The van der Waals surface area contributed by atoms with E-state index in [1.807, 2.05) is 54.6 Å².